The molecule has 0 heteroatoms. The van der Waals surface area contributed by atoms with Crippen LogP contribution in [-0.2, 0) is 5.41 Å². The molecule has 0 aromatic heterocycles. The Balaban J connectivity index is 1.54. The molecular formula is C26H24. The van der Waals surface area contributed by atoms with Crippen LogP contribution in [0.3, 0.4) is 0 Å². The van der Waals surface area contributed by atoms with Crippen molar-refractivity contribution < 1.29 is 0 Å². The van der Waals surface area contributed by atoms with E-state index in [2.05, 4.69) is 48.1 Å². The summed E-state index contributed by atoms with van der Waals surface area (Å²) < 4.78 is 0. The third kappa shape index (κ3) is 2.75. The zero-order valence-corrected chi connectivity index (χ0v) is 15.2. The summed E-state index contributed by atoms with van der Waals surface area (Å²) >= 11 is 0. The lowest BCUT2D eigenvalue weighted by atomic mass is 9.48. The van der Waals surface area contributed by atoms with E-state index in [4.69, 9.17) is 6.42 Å². The molecule has 2 aromatic rings. The van der Waals surface area contributed by atoms with Gasteiger partial charge in [-0.15, -0.1) is 6.42 Å². The van der Waals surface area contributed by atoms with Crippen LogP contribution >= 0.6 is 0 Å². The molecule has 0 unspecified atom stereocenters. The summed E-state index contributed by atoms with van der Waals surface area (Å²) in [7, 11) is 0. The second-order valence-electron chi connectivity index (χ2n) is 8.76. The molecule has 0 aliphatic heterocycles. The van der Waals surface area contributed by atoms with Gasteiger partial charge in [-0.3, -0.25) is 0 Å². The fourth-order valence-corrected chi connectivity index (χ4v) is 6.22. The van der Waals surface area contributed by atoms with Gasteiger partial charge in [-0.25, -0.2) is 0 Å². The van der Waals surface area contributed by atoms with E-state index in [0.717, 1.165) is 34.4 Å². The highest BCUT2D eigenvalue weighted by molar-refractivity contribution is 5.50. The lowest BCUT2D eigenvalue weighted by Crippen LogP contribution is -2.48. The molecule has 0 N–H and O–H groups in total. The Kier molecular flexibility index (Phi) is 3.69. The monoisotopic (exact) mass is 336 g/mol. The highest BCUT2D eigenvalue weighted by atomic mass is 14.6. The largest absolute Gasteiger partial charge is 0.115 e. The van der Waals surface area contributed by atoms with Gasteiger partial charge in [0.15, 0.2) is 0 Å². The summed E-state index contributed by atoms with van der Waals surface area (Å²) in [6, 6.07) is 16.9. The fraction of sp³-hybridized carbons (Fsp3) is 0.385. The fourth-order valence-electron chi connectivity index (χ4n) is 6.22. The molecule has 0 nitrogen and oxygen atoms in total. The topological polar surface area (TPSA) is 0 Å². The molecule has 0 heterocycles. The molecule has 0 saturated heterocycles. The quantitative estimate of drug-likeness (QED) is 0.600. The molecule has 4 aliphatic carbocycles. The van der Waals surface area contributed by atoms with Crippen LogP contribution in [0.2, 0.25) is 0 Å². The Hall–Kier alpha value is -2.44. The predicted octanol–water partition coefficient (Wildman–Crippen LogP) is 5.54. The number of rotatable bonds is 1. The van der Waals surface area contributed by atoms with Gasteiger partial charge in [-0.2, -0.15) is 0 Å². The molecular weight excluding hydrogens is 312 g/mol. The summed E-state index contributed by atoms with van der Waals surface area (Å²) in [5.74, 6) is 12.3. The third-order valence-electron chi connectivity index (χ3n) is 6.88. The zero-order valence-electron chi connectivity index (χ0n) is 15.2. The van der Waals surface area contributed by atoms with Crippen molar-refractivity contribution in [2.75, 3.05) is 0 Å². The third-order valence-corrected chi connectivity index (χ3v) is 6.88. The van der Waals surface area contributed by atoms with E-state index < -0.39 is 0 Å². The standard InChI is InChI=1S/C26H24/c1-2-19-10-21(9-8-20-6-4-3-5-7-20)15-25(14-19)26-16-22-11-23(17-26)13-24(12-22)18-26/h1,3-7,10,14-15,22-24H,11-13,16-18H2. The highest BCUT2D eigenvalue weighted by Crippen LogP contribution is 2.60. The Labute approximate surface area is 157 Å². The minimum Gasteiger partial charge on any atom is -0.115 e. The van der Waals surface area contributed by atoms with E-state index in [9.17, 15) is 0 Å². The molecule has 6 rings (SSSR count). The molecule has 128 valence electrons. The van der Waals surface area contributed by atoms with Crippen LogP contribution in [0.5, 0.6) is 0 Å². The van der Waals surface area contributed by atoms with E-state index in [0.29, 0.717) is 5.41 Å². The van der Waals surface area contributed by atoms with Crippen LogP contribution in [0.4, 0.5) is 0 Å². The van der Waals surface area contributed by atoms with Gasteiger partial charge in [0.1, 0.15) is 0 Å². The second kappa shape index (κ2) is 6.07. The number of hydrogen-bond acceptors (Lipinski definition) is 0. The number of terminal acetylenes is 1. The van der Waals surface area contributed by atoms with Crippen LogP contribution in [0, 0.1) is 41.9 Å². The molecule has 0 radical (unpaired) electrons. The Morgan fingerprint density at radius 2 is 1.31 bits per heavy atom. The van der Waals surface area contributed by atoms with Crippen molar-refractivity contribution in [3.63, 3.8) is 0 Å². The van der Waals surface area contributed by atoms with Crippen LogP contribution in [0.25, 0.3) is 0 Å². The SMILES string of the molecule is C#Cc1cc(C#Cc2ccccc2)cc(C23CC4CC(CC(C4)C2)C3)c1. The number of benzene rings is 2. The summed E-state index contributed by atoms with van der Waals surface area (Å²) in [4.78, 5) is 0. The van der Waals surface area contributed by atoms with E-state index >= 15 is 0 Å². The average molecular weight is 336 g/mol. The first-order valence-electron chi connectivity index (χ1n) is 9.92. The summed E-state index contributed by atoms with van der Waals surface area (Å²) in [5, 5.41) is 0. The van der Waals surface area contributed by atoms with Gasteiger partial charge in [0.05, 0.1) is 0 Å². The van der Waals surface area contributed by atoms with Gasteiger partial charge in [0, 0.05) is 16.7 Å². The van der Waals surface area contributed by atoms with Crippen molar-refractivity contribution in [1.29, 1.82) is 0 Å². The predicted molar refractivity (Wildman–Crippen MR) is 107 cm³/mol. The van der Waals surface area contributed by atoms with Gasteiger partial charge in [0.2, 0.25) is 0 Å². The van der Waals surface area contributed by atoms with Crippen LogP contribution in [0.15, 0.2) is 48.5 Å². The second-order valence-corrected chi connectivity index (χ2v) is 8.76. The van der Waals surface area contributed by atoms with Gasteiger partial charge in [0.25, 0.3) is 0 Å². The van der Waals surface area contributed by atoms with Crippen molar-refractivity contribution in [1.82, 2.24) is 0 Å². The van der Waals surface area contributed by atoms with E-state index in [1.165, 1.54) is 44.1 Å². The first-order valence-corrected chi connectivity index (χ1v) is 9.92. The van der Waals surface area contributed by atoms with Crippen molar-refractivity contribution in [2.45, 2.75) is 43.9 Å². The van der Waals surface area contributed by atoms with E-state index in [1.54, 1.807) is 0 Å². The van der Waals surface area contributed by atoms with Gasteiger partial charge >= 0.3 is 0 Å². The maximum absolute atomic E-state index is 5.79. The molecule has 4 saturated carbocycles. The summed E-state index contributed by atoms with van der Waals surface area (Å²) in [6.07, 6.45) is 14.3. The first-order chi connectivity index (χ1) is 12.7. The van der Waals surface area contributed by atoms with Gasteiger partial charge < -0.3 is 0 Å². The minimum atomic E-state index is 0.366. The summed E-state index contributed by atoms with van der Waals surface area (Å²) in [6.45, 7) is 0. The van der Waals surface area contributed by atoms with E-state index in [-0.39, 0.29) is 0 Å². The first kappa shape index (κ1) is 15.8. The Morgan fingerprint density at radius 3 is 1.92 bits per heavy atom. The maximum Gasteiger partial charge on any atom is 0.0264 e. The molecule has 0 atom stereocenters. The number of hydrogen-bond donors (Lipinski definition) is 0. The minimum absolute atomic E-state index is 0.366. The van der Waals surface area contributed by atoms with E-state index in [1.807, 2.05) is 18.2 Å². The molecule has 26 heavy (non-hydrogen) atoms. The highest BCUT2D eigenvalue weighted by Gasteiger charge is 2.51. The maximum atomic E-state index is 5.79. The van der Waals surface area contributed by atoms with Crippen molar-refractivity contribution >= 4 is 0 Å². The van der Waals surface area contributed by atoms with Crippen LogP contribution in [-0.4, -0.2) is 0 Å². The van der Waals surface area contributed by atoms with Gasteiger partial charge in [-0.1, -0.05) is 36.0 Å². The van der Waals surface area contributed by atoms with Crippen molar-refractivity contribution in [3.05, 3.63) is 70.8 Å². The smallest absolute Gasteiger partial charge is 0.0264 e. The normalized spacial score (nSPS) is 31.1. The molecule has 2 aromatic carbocycles. The molecule has 4 fully saturated rings. The molecule has 0 spiro atoms. The summed E-state index contributed by atoms with van der Waals surface area (Å²) in [5.41, 5.74) is 4.93. The van der Waals surface area contributed by atoms with Gasteiger partial charge in [-0.05, 0) is 97.6 Å². The zero-order chi connectivity index (χ0) is 17.6. The molecule has 4 bridgehead atoms. The average Bonchev–Trinajstić information content (AvgIpc) is 2.66. The van der Waals surface area contributed by atoms with Crippen molar-refractivity contribution in [3.8, 4) is 24.2 Å². The lowest BCUT2D eigenvalue weighted by Gasteiger charge is -2.57. The van der Waals surface area contributed by atoms with Crippen LogP contribution in [0.1, 0.15) is 60.8 Å². The lowest BCUT2D eigenvalue weighted by molar-refractivity contribution is -0.00520. The Morgan fingerprint density at radius 1 is 0.731 bits per heavy atom. The molecule has 0 amide bonds. The molecule has 4 aliphatic rings. The van der Waals surface area contributed by atoms with Crippen LogP contribution < -0.4 is 0 Å². The Bertz CT molecular complexity index is 894. The van der Waals surface area contributed by atoms with Crippen molar-refractivity contribution in [2.24, 2.45) is 17.8 Å².